The van der Waals surface area contributed by atoms with Crippen LogP contribution in [-0.2, 0) is 12.0 Å². The molecule has 1 aliphatic carbocycles. The summed E-state index contributed by atoms with van der Waals surface area (Å²) in [5.41, 5.74) is 7.48. The number of aliphatic hydroxyl groups excluding tert-OH is 1. The van der Waals surface area contributed by atoms with Gasteiger partial charge in [0.2, 0.25) is 0 Å². The smallest absolute Gasteiger partial charge is 0.0956 e. The van der Waals surface area contributed by atoms with Crippen molar-refractivity contribution in [2.45, 2.75) is 18.4 Å². The van der Waals surface area contributed by atoms with Gasteiger partial charge in [0.25, 0.3) is 0 Å². The third-order valence-corrected chi connectivity index (χ3v) is 2.40. The van der Waals surface area contributed by atoms with Gasteiger partial charge in [0, 0.05) is 5.56 Å². The van der Waals surface area contributed by atoms with E-state index in [1.165, 1.54) is 0 Å². The highest BCUT2D eigenvalue weighted by molar-refractivity contribution is 5.34. The quantitative estimate of drug-likeness (QED) is 0.613. The fraction of sp³-hybridized carbons (Fsp3) is 0.500. The van der Waals surface area contributed by atoms with Crippen LogP contribution in [0.5, 0.6) is 0 Å². The van der Waals surface area contributed by atoms with Crippen LogP contribution < -0.4 is 5.73 Å². The van der Waals surface area contributed by atoms with Crippen LogP contribution in [0.1, 0.15) is 17.5 Å². The standard InChI is InChI=1S/C8H11NO2/c9-8(5-10)2-1-6-3-11-4-7(6)8/h3-4,10H,1-2,5,9H2. The van der Waals surface area contributed by atoms with Crippen molar-refractivity contribution in [2.75, 3.05) is 6.61 Å². The third-order valence-electron chi connectivity index (χ3n) is 2.40. The maximum absolute atomic E-state index is 9.02. The topological polar surface area (TPSA) is 59.4 Å². The van der Waals surface area contributed by atoms with Crippen LogP contribution in [0.15, 0.2) is 16.9 Å². The SMILES string of the molecule is NC1(CO)CCc2cocc21. The lowest BCUT2D eigenvalue weighted by Gasteiger charge is -2.19. The van der Waals surface area contributed by atoms with Gasteiger partial charge in [-0.05, 0) is 18.4 Å². The van der Waals surface area contributed by atoms with Gasteiger partial charge in [0.15, 0.2) is 0 Å². The molecule has 11 heavy (non-hydrogen) atoms. The largest absolute Gasteiger partial charge is 0.472 e. The van der Waals surface area contributed by atoms with Crippen LogP contribution in [-0.4, -0.2) is 11.7 Å². The number of hydrogen-bond acceptors (Lipinski definition) is 3. The van der Waals surface area contributed by atoms with Crippen molar-refractivity contribution < 1.29 is 9.52 Å². The number of furan rings is 1. The lowest BCUT2D eigenvalue weighted by Crippen LogP contribution is -2.37. The Balaban J connectivity index is 2.45. The maximum Gasteiger partial charge on any atom is 0.0956 e. The predicted molar refractivity (Wildman–Crippen MR) is 40.0 cm³/mol. The zero-order valence-corrected chi connectivity index (χ0v) is 6.21. The summed E-state index contributed by atoms with van der Waals surface area (Å²) in [6, 6.07) is 0. The second kappa shape index (κ2) is 2.09. The van der Waals surface area contributed by atoms with E-state index in [1.807, 2.05) is 0 Å². The highest BCUT2D eigenvalue weighted by Gasteiger charge is 2.35. The number of fused-ring (bicyclic) bond motifs is 1. The van der Waals surface area contributed by atoms with Crippen LogP contribution in [0.25, 0.3) is 0 Å². The number of aryl methyl sites for hydroxylation is 1. The molecule has 60 valence electrons. The van der Waals surface area contributed by atoms with Crippen LogP contribution in [0.3, 0.4) is 0 Å². The number of hydrogen-bond donors (Lipinski definition) is 2. The van der Waals surface area contributed by atoms with Crippen LogP contribution in [0.4, 0.5) is 0 Å². The van der Waals surface area contributed by atoms with E-state index in [0.29, 0.717) is 0 Å². The first-order chi connectivity index (χ1) is 5.26. The Morgan fingerprint density at radius 1 is 1.64 bits per heavy atom. The molecule has 0 bridgehead atoms. The Morgan fingerprint density at radius 2 is 2.45 bits per heavy atom. The van der Waals surface area contributed by atoms with E-state index < -0.39 is 5.54 Å². The number of nitrogens with two attached hydrogens (primary N) is 1. The van der Waals surface area contributed by atoms with Crippen molar-refractivity contribution in [3.63, 3.8) is 0 Å². The molecule has 0 amide bonds. The van der Waals surface area contributed by atoms with Gasteiger partial charge >= 0.3 is 0 Å². The summed E-state index contributed by atoms with van der Waals surface area (Å²) in [5, 5.41) is 9.02. The maximum atomic E-state index is 9.02. The van der Waals surface area contributed by atoms with Gasteiger partial charge in [-0.3, -0.25) is 0 Å². The molecule has 0 saturated carbocycles. The van der Waals surface area contributed by atoms with Crippen molar-refractivity contribution in [3.05, 3.63) is 23.7 Å². The van der Waals surface area contributed by atoms with E-state index in [1.54, 1.807) is 12.5 Å². The van der Waals surface area contributed by atoms with Crippen LogP contribution in [0.2, 0.25) is 0 Å². The zero-order chi connectivity index (χ0) is 7.90. The third kappa shape index (κ3) is 0.814. The first-order valence-electron chi connectivity index (χ1n) is 3.71. The highest BCUT2D eigenvalue weighted by atomic mass is 16.3. The first kappa shape index (κ1) is 6.88. The van der Waals surface area contributed by atoms with Gasteiger partial charge < -0.3 is 15.3 Å². The Bertz CT molecular complexity index is 269. The van der Waals surface area contributed by atoms with Crippen molar-refractivity contribution >= 4 is 0 Å². The number of rotatable bonds is 1. The molecule has 0 aromatic carbocycles. The first-order valence-corrected chi connectivity index (χ1v) is 3.71. The molecule has 0 saturated heterocycles. The lowest BCUT2D eigenvalue weighted by atomic mass is 9.97. The van der Waals surface area contributed by atoms with Crippen molar-refractivity contribution in [1.82, 2.24) is 0 Å². The van der Waals surface area contributed by atoms with Gasteiger partial charge in [0.1, 0.15) is 0 Å². The molecular weight excluding hydrogens is 142 g/mol. The minimum Gasteiger partial charge on any atom is -0.472 e. The molecule has 3 N–H and O–H groups in total. The molecule has 1 aromatic rings. The van der Waals surface area contributed by atoms with Gasteiger partial charge in [0.05, 0.1) is 24.7 Å². The van der Waals surface area contributed by atoms with Gasteiger partial charge in [-0.15, -0.1) is 0 Å². The second-order valence-electron chi connectivity index (χ2n) is 3.12. The fourth-order valence-corrected chi connectivity index (χ4v) is 1.61. The van der Waals surface area contributed by atoms with E-state index in [2.05, 4.69) is 0 Å². The molecule has 0 aliphatic heterocycles. The second-order valence-corrected chi connectivity index (χ2v) is 3.12. The summed E-state index contributed by atoms with van der Waals surface area (Å²) in [7, 11) is 0. The molecule has 1 unspecified atom stereocenters. The van der Waals surface area contributed by atoms with Crippen LogP contribution in [0, 0.1) is 0 Å². The minimum atomic E-state index is -0.539. The monoisotopic (exact) mass is 153 g/mol. The van der Waals surface area contributed by atoms with E-state index in [4.69, 9.17) is 15.3 Å². The van der Waals surface area contributed by atoms with Crippen molar-refractivity contribution in [1.29, 1.82) is 0 Å². The van der Waals surface area contributed by atoms with E-state index in [9.17, 15) is 0 Å². The Kier molecular flexibility index (Phi) is 1.31. The fourth-order valence-electron chi connectivity index (χ4n) is 1.61. The molecule has 3 nitrogen and oxygen atoms in total. The molecule has 1 atom stereocenters. The van der Waals surface area contributed by atoms with E-state index >= 15 is 0 Å². The summed E-state index contributed by atoms with van der Waals surface area (Å²) in [5.74, 6) is 0. The summed E-state index contributed by atoms with van der Waals surface area (Å²) < 4.78 is 4.99. The molecule has 1 heterocycles. The summed E-state index contributed by atoms with van der Waals surface area (Å²) >= 11 is 0. The van der Waals surface area contributed by atoms with Crippen LogP contribution >= 0.6 is 0 Å². The normalized spacial score (nSPS) is 28.9. The average molecular weight is 153 g/mol. The zero-order valence-electron chi connectivity index (χ0n) is 6.21. The Hall–Kier alpha value is -0.800. The molecule has 2 rings (SSSR count). The lowest BCUT2D eigenvalue weighted by molar-refractivity contribution is 0.195. The molecular formula is C8H11NO2. The Labute approximate surface area is 64.8 Å². The molecule has 1 aromatic heterocycles. The summed E-state index contributed by atoms with van der Waals surface area (Å²) in [6.07, 6.45) is 5.09. The van der Waals surface area contributed by atoms with Gasteiger partial charge in [-0.1, -0.05) is 0 Å². The molecule has 3 heteroatoms. The number of aliphatic hydroxyl groups is 1. The molecule has 1 aliphatic rings. The van der Waals surface area contributed by atoms with Gasteiger partial charge in [-0.25, -0.2) is 0 Å². The highest BCUT2D eigenvalue weighted by Crippen LogP contribution is 2.34. The summed E-state index contributed by atoms with van der Waals surface area (Å²) in [4.78, 5) is 0. The molecule has 0 spiro atoms. The average Bonchev–Trinajstić information content (AvgIpc) is 2.55. The van der Waals surface area contributed by atoms with E-state index in [0.717, 1.165) is 24.0 Å². The minimum absolute atomic E-state index is 0.000463. The van der Waals surface area contributed by atoms with Crippen molar-refractivity contribution in [3.8, 4) is 0 Å². The molecule has 0 fully saturated rings. The predicted octanol–water partition coefficient (Wildman–Crippen LogP) is 0.372. The van der Waals surface area contributed by atoms with E-state index in [-0.39, 0.29) is 6.61 Å². The molecule has 0 radical (unpaired) electrons. The Morgan fingerprint density at radius 3 is 3.18 bits per heavy atom. The summed E-state index contributed by atoms with van der Waals surface area (Å²) in [6.45, 7) is -0.000463. The van der Waals surface area contributed by atoms with Crippen molar-refractivity contribution in [2.24, 2.45) is 5.73 Å². The van der Waals surface area contributed by atoms with Gasteiger partial charge in [-0.2, -0.15) is 0 Å².